The zero-order valence-corrected chi connectivity index (χ0v) is 15.1. The van der Waals surface area contributed by atoms with Gasteiger partial charge < -0.3 is 19.0 Å². The second-order valence-corrected chi connectivity index (χ2v) is 6.08. The molecule has 0 atom stereocenters. The normalized spacial score (nSPS) is 11.4. The number of benzene rings is 1. The van der Waals surface area contributed by atoms with Gasteiger partial charge in [0.25, 0.3) is 5.78 Å². The predicted molar refractivity (Wildman–Crippen MR) is 94.2 cm³/mol. The molecule has 0 spiro atoms. The quantitative estimate of drug-likeness (QED) is 0.500. The number of halogens is 3. The molecule has 0 fully saturated rings. The number of rotatable bonds is 6. The lowest BCUT2D eigenvalue weighted by Crippen LogP contribution is -2.27. The van der Waals surface area contributed by atoms with Crippen LogP contribution < -0.4 is 5.32 Å². The van der Waals surface area contributed by atoms with Crippen LogP contribution in [0, 0.1) is 0 Å². The number of hydrogen-bond donors (Lipinski definition) is 1. The van der Waals surface area contributed by atoms with Crippen LogP contribution in [0.3, 0.4) is 0 Å². The first-order chi connectivity index (χ1) is 13.7. The summed E-state index contributed by atoms with van der Waals surface area (Å²) in [7, 11) is 1.16. The average Bonchev–Trinajstić information content (AvgIpc) is 3.32. The Kier molecular flexibility index (Phi) is 5.44. The van der Waals surface area contributed by atoms with E-state index in [0.29, 0.717) is 5.76 Å². The molecule has 29 heavy (non-hydrogen) atoms. The number of Topliss-reactive ketones (excluding diaryl/α,β-unsaturated/α-hetero) is 1. The van der Waals surface area contributed by atoms with E-state index in [-0.39, 0.29) is 29.6 Å². The second-order valence-electron chi connectivity index (χ2n) is 6.08. The molecule has 0 saturated heterocycles. The van der Waals surface area contributed by atoms with Crippen molar-refractivity contribution in [3.05, 3.63) is 59.7 Å². The number of nitrogens with one attached hydrogen (secondary N) is 1. The van der Waals surface area contributed by atoms with Crippen molar-refractivity contribution in [1.82, 2.24) is 9.88 Å². The monoisotopic (exact) mass is 408 g/mol. The highest BCUT2D eigenvalue weighted by atomic mass is 19.4. The van der Waals surface area contributed by atoms with Gasteiger partial charge in [0.2, 0.25) is 5.91 Å². The largest absolute Gasteiger partial charge is 0.467 e. The molecule has 0 bridgehead atoms. The SMILES string of the molecule is COC(=O)c1ccc2c(C(=O)C(F)(F)F)cn(CC(=O)NCc3ccco3)c2c1. The number of amides is 1. The van der Waals surface area contributed by atoms with Crippen molar-refractivity contribution in [2.24, 2.45) is 0 Å². The van der Waals surface area contributed by atoms with Crippen LogP contribution in [0.2, 0.25) is 0 Å². The van der Waals surface area contributed by atoms with Gasteiger partial charge in [0.05, 0.1) is 36.6 Å². The van der Waals surface area contributed by atoms with E-state index in [1.54, 1.807) is 12.1 Å². The summed E-state index contributed by atoms with van der Waals surface area (Å²) >= 11 is 0. The number of hydrogen-bond acceptors (Lipinski definition) is 5. The maximum absolute atomic E-state index is 13.0. The van der Waals surface area contributed by atoms with E-state index in [4.69, 9.17) is 4.42 Å². The number of furan rings is 1. The number of fused-ring (bicyclic) bond motifs is 1. The van der Waals surface area contributed by atoms with Crippen LogP contribution in [-0.2, 0) is 22.6 Å². The molecule has 3 rings (SSSR count). The van der Waals surface area contributed by atoms with Crippen molar-refractivity contribution in [1.29, 1.82) is 0 Å². The highest BCUT2D eigenvalue weighted by molar-refractivity contribution is 6.11. The van der Waals surface area contributed by atoms with E-state index in [9.17, 15) is 27.6 Å². The summed E-state index contributed by atoms with van der Waals surface area (Å²) < 4.78 is 49.7. The number of aromatic nitrogens is 1. The molecule has 2 aromatic heterocycles. The molecular weight excluding hydrogens is 393 g/mol. The molecule has 0 aliphatic heterocycles. The third kappa shape index (κ3) is 4.31. The van der Waals surface area contributed by atoms with Crippen LogP contribution in [0.5, 0.6) is 0 Å². The van der Waals surface area contributed by atoms with Crippen molar-refractivity contribution in [3.63, 3.8) is 0 Å². The van der Waals surface area contributed by atoms with Gasteiger partial charge in [0.1, 0.15) is 12.3 Å². The van der Waals surface area contributed by atoms with Crippen LogP contribution in [0.15, 0.2) is 47.2 Å². The maximum atomic E-state index is 13.0. The number of methoxy groups -OCH3 is 1. The molecular formula is C19H15F3N2O5. The average molecular weight is 408 g/mol. The topological polar surface area (TPSA) is 90.5 Å². The van der Waals surface area contributed by atoms with Crippen molar-refractivity contribution >= 4 is 28.6 Å². The molecule has 0 radical (unpaired) electrons. The molecule has 10 heteroatoms. The Labute approximate surface area is 162 Å². The Morgan fingerprint density at radius 2 is 1.97 bits per heavy atom. The molecule has 0 unspecified atom stereocenters. The third-order valence-corrected chi connectivity index (χ3v) is 4.16. The van der Waals surface area contributed by atoms with E-state index in [1.165, 1.54) is 29.0 Å². The molecule has 2 heterocycles. The van der Waals surface area contributed by atoms with E-state index in [1.807, 2.05) is 0 Å². The van der Waals surface area contributed by atoms with Crippen molar-refractivity contribution in [3.8, 4) is 0 Å². The van der Waals surface area contributed by atoms with Gasteiger partial charge >= 0.3 is 12.1 Å². The van der Waals surface area contributed by atoms with E-state index >= 15 is 0 Å². The van der Waals surface area contributed by atoms with Gasteiger partial charge in [-0.15, -0.1) is 0 Å². The molecule has 0 saturated carbocycles. The minimum atomic E-state index is -5.08. The molecule has 152 valence electrons. The minimum absolute atomic E-state index is 0.0289. The number of alkyl halides is 3. The maximum Gasteiger partial charge on any atom is 0.454 e. The van der Waals surface area contributed by atoms with Crippen LogP contribution in [0.4, 0.5) is 13.2 Å². The molecule has 1 aromatic carbocycles. The fourth-order valence-corrected chi connectivity index (χ4v) is 2.81. The second kappa shape index (κ2) is 7.82. The Morgan fingerprint density at radius 1 is 1.21 bits per heavy atom. The summed E-state index contributed by atoms with van der Waals surface area (Å²) in [5.41, 5.74) is -0.419. The van der Waals surface area contributed by atoms with Gasteiger partial charge in [-0.2, -0.15) is 13.2 Å². The zero-order valence-electron chi connectivity index (χ0n) is 15.1. The van der Waals surface area contributed by atoms with Crippen LogP contribution >= 0.6 is 0 Å². The lowest BCUT2D eigenvalue weighted by atomic mass is 10.1. The first-order valence-electron chi connectivity index (χ1n) is 8.32. The standard InChI is InChI=1S/C19H15F3N2O5/c1-28-18(27)11-4-5-13-14(17(26)19(20,21)22)9-24(15(13)7-11)10-16(25)23-8-12-3-2-6-29-12/h2-7,9H,8,10H2,1H3,(H,23,25). The fraction of sp³-hybridized carbons (Fsp3) is 0.211. The summed E-state index contributed by atoms with van der Waals surface area (Å²) in [6.45, 7) is -0.278. The summed E-state index contributed by atoms with van der Waals surface area (Å²) in [4.78, 5) is 35.8. The first-order valence-corrected chi connectivity index (χ1v) is 8.32. The van der Waals surface area contributed by atoms with E-state index < -0.39 is 29.4 Å². The number of carbonyl (C=O) groups excluding carboxylic acids is 3. The van der Waals surface area contributed by atoms with E-state index in [2.05, 4.69) is 10.1 Å². The molecule has 7 nitrogen and oxygen atoms in total. The molecule has 0 aliphatic rings. The smallest absolute Gasteiger partial charge is 0.454 e. The lowest BCUT2D eigenvalue weighted by Gasteiger charge is -2.07. The molecule has 0 aliphatic carbocycles. The zero-order chi connectivity index (χ0) is 21.2. The number of nitrogens with zero attached hydrogens (tertiary/aromatic N) is 1. The highest BCUT2D eigenvalue weighted by Crippen LogP contribution is 2.29. The number of esters is 1. The fourth-order valence-electron chi connectivity index (χ4n) is 2.81. The predicted octanol–water partition coefficient (Wildman–Crippen LogP) is 3.08. The van der Waals surface area contributed by atoms with Crippen LogP contribution in [-0.4, -0.2) is 35.5 Å². The first kappa shape index (κ1) is 20.2. The Hall–Kier alpha value is -3.56. The lowest BCUT2D eigenvalue weighted by molar-refractivity contribution is -0.121. The van der Waals surface area contributed by atoms with Crippen molar-refractivity contribution < 1.29 is 36.7 Å². The van der Waals surface area contributed by atoms with Gasteiger partial charge in [-0.05, 0) is 24.3 Å². The van der Waals surface area contributed by atoms with Gasteiger partial charge in [0, 0.05) is 11.6 Å². The summed E-state index contributed by atoms with van der Waals surface area (Å²) in [5, 5.41) is 2.53. The Bertz CT molecular complexity index is 1070. The van der Waals surface area contributed by atoms with E-state index in [0.717, 1.165) is 13.3 Å². The molecule has 1 N–H and O–H groups in total. The number of ether oxygens (including phenoxy) is 1. The molecule has 1 amide bonds. The Morgan fingerprint density at radius 3 is 2.59 bits per heavy atom. The van der Waals surface area contributed by atoms with Crippen LogP contribution in [0.25, 0.3) is 10.9 Å². The van der Waals surface area contributed by atoms with Gasteiger partial charge in [-0.3, -0.25) is 9.59 Å². The minimum Gasteiger partial charge on any atom is -0.467 e. The van der Waals surface area contributed by atoms with Crippen molar-refractivity contribution in [2.45, 2.75) is 19.3 Å². The van der Waals surface area contributed by atoms with Crippen molar-refractivity contribution in [2.75, 3.05) is 7.11 Å². The highest BCUT2D eigenvalue weighted by Gasteiger charge is 2.41. The summed E-state index contributed by atoms with van der Waals surface area (Å²) in [6.07, 6.45) is -2.69. The Balaban J connectivity index is 1.96. The summed E-state index contributed by atoms with van der Waals surface area (Å²) in [5.74, 6) is -2.77. The van der Waals surface area contributed by atoms with Gasteiger partial charge in [-0.1, -0.05) is 6.07 Å². The number of carbonyl (C=O) groups is 3. The van der Waals surface area contributed by atoms with Gasteiger partial charge in [0.15, 0.2) is 0 Å². The summed E-state index contributed by atoms with van der Waals surface area (Å²) in [6, 6.07) is 7.03. The van der Waals surface area contributed by atoms with Gasteiger partial charge in [-0.25, -0.2) is 4.79 Å². The third-order valence-electron chi connectivity index (χ3n) is 4.16. The molecule has 3 aromatic rings. The van der Waals surface area contributed by atoms with Crippen LogP contribution in [0.1, 0.15) is 26.5 Å². The number of ketones is 1.